The third kappa shape index (κ3) is 2.70. The Kier molecular flexibility index (Phi) is 2.87. The number of aryl methyl sites for hydroxylation is 1. The van der Waals surface area contributed by atoms with Gasteiger partial charge in [0.15, 0.2) is 0 Å². The van der Waals surface area contributed by atoms with E-state index in [0.29, 0.717) is 5.82 Å². The largest absolute Gasteiger partial charge is 0.384 e. The first-order valence-corrected chi connectivity index (χ1v) is 5.38. The normalized spacial score (nSPS) is 10.2. The minimum Gasteiger partial charge on any atom is -0.384 e. The zero-order valence-corrected chi connectivity index (χ0v) is 9.16. The summed E-state index contributed by atoms with van der Waals surface area (Å²) in [6.45, 7) is 2.07. The Morgan fingerprint density at radius 3 is 2.53 bits per heavy atom. The van der Waals surface area contributed by atoms with Crippen LogP contribution in [-0.4, -0.2) is 9.97 Å². The number of benzene rings is 1. The van der Waals surface area contributed by atoms with Gasteiger partial charge in [-0.1, -0.05) is 29.5 Å². The van der Waals surface area contributed by atoms with Crippen LogP contribution in [0, 0.1) is 6.92 Å². The Bertz CT molecular complexity index is 454. The molecule has 2 rings (SSSR count). The number of hydrogen-bond donors (Lipinski definition) is 1. The van der Waals surface area contributed by atoms with E-state index >= 15 is 0 Å². The Labute approximate surface area is 92.8 Å². The lowest BCUT2D eigenvalue weighted by molar-refractivity contribution is 1.05. The molecular formula is C11H11N3S. The summed E-state index contributed by atoms with van der Waals surface area (Å²) in [6.07, 6.45) is 1.48. The molecule has 1 heterocycles. The molecule has 1 aromatic heterocycles. The number of nitrogens with zero attached hydrogens (tertiary/aromatic N) is 2. The third-order valence-corrected chi connectivity index (χ3v) is 2.85. The third-order valence-electron chi connectivity index (χ3n) is 1.91. The molecule has 0 atom stereocenters. The molecule has 0 aliphatic rings. The van der Waals surface area contributed by atoms with E-state index in [2.05, 4.69) is 41.2 Å². The summed E-state index contributed by atoms with van der Waals surface area (Å²) in [6, 6.07) is 10.1. The van der Waals surface area contributed by atoms with E-state index in [4.69, 9.17) is 5.73 Å². The summed E-state index contributed by atoms with van der Waals surface area (Å²) in [5.41, 5.74) is 6.82. The van der Waals surface area contributed by atoms with Crippen LogP contribution in [0.1, 0.15) is 5.56 Å². The minimum atomic E-state index is 0.500. The molecule has 0 amide bonds. The maximum atomic E-state index is 5.57. The molecule has 0 unspecified atom stereocenters. The van der Waals surface area contributed by atoms with Crippen LogP contribution in [0.5, 0.6) is 0 Å². The lowest BCUT2D eigenvalue weighted by Crippen LogP contribution is -1.91. The van der Waals surface area contributed by atoms with Gasteiger partial charge in [-0.25, -0.2) is 9.97 Å². The topological polar surface area (TPSA) is 51.8 Å². The quantitative estimate of drug-likeness (QED) is 0.785. The van der Waals surface area contributed by atoms with Crippen LogP contribution < -0.4 is 5.73 Å². The van der Waals surface area contributed by atoms with Crippen LogP contribution >= 0.6 is 11.8 Å². The molecule has 0 saturated heterocycles. The van der Waals surface area contributed by atoms with Crippen LogP contribution in [0.4, 0.5) is 5.82 Å². The Hall–Kier alpha value is -1.55. The number of hydrogen-bond acceptors (Lipinski definition) is 4. The van der Waals surface area contributed by atoms with Crippen molar-refractivity contribution in [1.82, 2.24) is 9.97 Å². The standard InChI is InChI=1S/C11H11N3S/c1-8-2-4-9(5-3-8)15-11-6-10(12)13-7-14-11/h2-7H,1H3,(H2,12,13,14). The van der Waals surface area contributed by atoms with E-state index in [9.17, 15) is 0 Å². The molecule has 76 valence electrons. The summed E-state index contributed by atoms with van der Waals surface area (Å²) >= 11 is 1.58. The fraction of sp³-hybridized carbons (Fsp3) is 0.0909. The number of nitrogen functional groups attached to an aromatic ring is 1. The average molecular weight is 217 g/mol. The molecule has 0 fully saturated rings. The van der Waals surface area contributed by atoms with E-state index in [1.165, 1.54) is 11.9 Å². The lowest BCUT2D eigenvalue weighted by atomic mass is 10.2. The average Bonchev–Trinajstić information content (AvgIpc) is 2.22. The number of nitrogens with two attached hydrogens (primary N) is 1. The number of aromatic nitrogens is 2. The van der Waals surface area contributed by atoms with Gasteiger partial charge in [0.2, 0.25) is 0 Å². The fourth-order valence-electron chi connectivity index (χ4n) is 1.14. The molecule has 15 heavy (non-hydrogen) atoms. The van der Waals surface area contributed by atoms with Gasteiger partial charge in [0.1, 0.15) is 17.2 Å². The Morgan fingerprint density at radius 2 is 1.87 bits per heavy atom. The fourth-order valence-corrected chi connectivity index (χ4v) is 1.93. The van der Waals surface area contributed by atoms with Crippen molar-refractivity contribution in [2.24, 2.45) is 0 Å². The Balaban J connectivity index is 2.18. The number of rotatable bonds is 2. The van der Waals surface area contributed by atoms with E-state index in [1.807, 2.05) is 0 Å². The van der Waals surface area contributed by atoms with E-state index in [1.54, 1.807) is 17.8 Å². The van der Waals surface area contributed by atoms with E-state index < -0.39 is 0 Å². The van der Waals surface area contributed by atoms with Crippen molar-refractivity contribution < 1.29 is 0 Å². The van der Waals surface area contributed by atoms with Crippen LogP contribution in [0.3, 0.4) is 0 Å². The van der Waals surface area contributed by atoms with Crippen molar-refractivity contribution in [2.75, 3.05) is 5.73 Å². The molecule has 0 bridgehead atoms. The van der Waals surface area contributed by atoms with Crippen LogP contribution in [0.2, 0.25) is 0 Å². The summed E-state index contributed by atoms with van der Waals surface area (Å²) in [5.74, 6) is 0.500. The van der Waals surface area contributed by atoms with Crippen molar-refractivity contribution >= 4 is 17.6 Å². The van der Waals surface area contributed by atoms with Gasteiger partial charge in [0, 0.05) is 11.0 Å². The summed E-state index contributed by atoms with van der Waals surface area (Å²) in [7, 11) is 0. The second-order valence-corrected chi connectivity index (χ2v) is 4.29. The monoisotopic (exact) mass is 217 g/mol. The van der Waals surface area contributed by atoms with Crippen molar-refractivity contribution in [1.29, 1.82) is 0 Å². The van der Waals surface area contributed by atoms with E-state index in [0.717, 1.165) is 9.92 Å². The molecule has 0 aliphatic carbocycles. The molecule has 2 N–H and O–H groups in total. The Morgan fingerprint density at radius 1 is 1.13 bits per heavy atom. The molecule has 2 aromatic rings. The van der Waals surface area contributed by atoms with Gasteiger partial charge >= 0.3 is 0 Å². The van der Waals surface area contributed by atoms with Crippen LogP contribution in [0.15, 0.2) is 46.6 Å². The molecule has 1 aromatic carbocycles. The zero-order valence-electron chi connectivity index (χ0n) is 8.34. The molecule has 0 saturated carbocycles. The maximum absolute atomic E-state index is 5.57. The van der Waals surface area contributed by atoms with Crippen molar-refractivity contribution in [2.45, 2.75) is 16.8 Å². The van der Waals surface area contributed by atoms with E-state index in [-0.39, 0.29) is 0 Å². The van der Waals surface area contributed by atoms with Gasteiger partial charge in [-0.3, -0.25) is 0 Å². The SMILES string of the molecule is Cc1ccc(Sc2cc(N)ncn2)cc1. The van der Waals surface area contributed by atoms with Gasteiger partial charge in [-0.2, -0.15) is 0 Å². The summed E-state index contributed by atoms with van der Waals surface area (Å²) < 4.78 is 0. The summed E-state index contributed by atoms with van der Waals surface area (Å²) in [5, 5.41) is 0.867. The first kappa shape index (κ1) is 9.98. The maximum Gasteiger partial charge on any atom is 0.127 e. The molecule has 0 spiro atoms. The van der Waals surface area contributed by atoms with Crippen molar-refractivity contribution in [3.63, 3.8) is 0 Å². The van der Waals surface area contributed by atoms with Gasteiger partial charge in [0.05, 0.1) is 0 Å². The van der Waals surface area contributed by atoms with Gasteiger partial charge in [0.25, 0.3) is 0 Å². The first-order valence-electron chi connectivity index (χ1n) is 4.56. The van der Waals surface area contributed by atoms with Crippen molar-refractivity contribution in [3.8, 4) is 0 Å². The lowest BCUT2D eigenvalue weighted by Gasteiger charge is -2.01. The summed E-state index contributed by atoms with van der Waals surface area (Å²) in [4.78, 5) is 9.13. The zero-order chi connectivity index (χ0) is 10.7. The highest BCUT2D eigenvalue weighted by molar-refractivity contribution is 7.99. The second-order valence-electron chi connectivity index (χ2n) is 3.20. The minimum absolute atomic E-state index is 0.500. The molecule has 4 heteroatoms. The predicted octanol–water partition coefficient (Wildman–Crippen LogP) is 2.52. The smallest absolute Gasteiger partial charge is 0.127 e. The number of anilines is 1. The molecular weight excluding hydrogens is 206 g/mol. The molecule has 0 aliphatic heterocycles. The molecule has 3 nitrogen and oxygen atoms in total. The van der Waals surface area contributed by atoms with Gasteiger partial charge < -0.3 is 5.73 Å². The first-order chi connectivity index (χ1) is 7.24. The van der Waals surface area contributed by atoms with Gasteiger partial charge in [-0.05, 0) is 19.1 Å². The van der Waals surface area contributed by atoms with Gasteiger partial charge in [-0.15, -0.1) is 0 Å². The highest BCUT2D eigenvalue weighted by Gasteiger charge is 1.99. The second kappa shape index (κ2) is 4.31. The molecule has 0 radical (unpaired) electrons. The van der Waals surface area contributed by atoms with Crippen LogP contribution in [0.25, 0.3) is 0 Å². The highest BCUT2D eigenvalue weighted by Crippen LogP contribution is 2.26. The van der Waals surface area contributed by atoms with Crippen LogP contribution in [-0.2, 0) is 0 Å². The predicted molar refractivity (Wildman–Crippen MR) is 61.7 cm³/mol. The van der Waals surface area contributed by atoms with Crippen molar-refractivity contribution in [3.05, 3.63) is 42.2 Å². The highest BCUT2D eigenvalue weighted by atomic mass is 32.2.